The molecule has 3 rings (SSSR count). The molecule has 2 heterocycles. The molecule has 1 unspecified atom stereocenters. The lowest BCUT2D eigenvalue weighted by Crippen LogP contribution is -2.45. The zero-order valence-corrected chi connectivity index (χ0v) is 14.9. The van der Waals surface area contributed by atoms with Gasteiger partial charge in [0.1, 0.15) is 0 Å². The molecule has 1 aromatic carbocycles. The van der Waals surface area contributed by atoms with Crippen molar-refractivity contribution in [3.05, 3.63) is 35.4 Å². The highest BCUT2D eigenvalue weighted by atomic mass is 16.3. The predicted molar refractivity (Wildman–Crippen MR) is 92.2 cm³/mol. The highest BCUT2D eigenvalue weighted by Crippen LogP contribution is 2.39. The molecule has 1 fully saturated rings. The first-order valence-electron chi connectivity index (χ1n) is 8.82. The van der Waals surface area contributed by atoms with E-state index in [2.05, 4.69) is 0 Å². The third-order valence-corrected chi connectivity index (χ3v) is 5.51. The van der Waals surface area contributed by atoms with Crippen LogP contribution in [0.3, 0.4) is 0 Å². The SMILES string of the molecule is CCC1(CC)CC(=O)N(CC(O)CN2C(=O)c3ccccc3C2=O)C1=O. The number of hydrogen-bond donors (Lipinski definition) is 1. The van der Waals surface area contributed by atoms with Gasteiger partial charge in [0.25, 0.3) is 11.8 Å². The molecule has 1 N–H and O–H groups in total. The van der Waals surface area contributed by atoms with E-state index < -0.39 is 23.3 Å². The Balaban J connectivity index is 1.70. The number of imide groups is 2. The van der Waals surface area contributed by atoms with Gasteiger partial charge in [0, 0.05) is 6.42 Å². The van der Waals surface area contributed by atoms with Crippen molar-refractivity contribution in [1.82, 2.24) is 9.80 Å². The monoisotopic (exact) mass is 358 g/mol. The number of β-amino-alcohol motifs (C(OH)–C–C–N with tert-alkyl or cyclic N) is 1. The fraction of sp³-hybridized carbons (Fsp3) is 0.474. The van der Waals surface area contributed by atoms with Gasteiger partial charge in [-0.1, -0.05) is 26.0 Å². The summed E-state index contributed by atoms with van der Waals surface area (Å²) < 4.78 is 0. The van der Waals surface area contributed by atoms with Crippen LogP contribution in [0.15, 0.2) is 24.3 Å². The molecular formula is C19H22N2O5. The molecule has 4 amide bonds. The molecule has 2 aliphatic heterocycles. The number of rotatable bonds is 6. The molecule has 0 bridgehead atoms. The van der Waals surface area contributed by atoms with E-state index in [9.17, 15) is 24.3 Å². The molecule has 1 atom stereocenters. The summed E-state index contributed by atoms with van der Waals surface area (Å²) in [5.74, 6) is -1.55. The first-order chi connectivity index (χ1) is 12.3. The number of carbonyl (C=O) groups excluding carboxylic acids is 4. The molecule has 26 heavy (non-hydrogen) atoms. The molecule has 0 radical (unpaired) electrons. The number of carbonyl (C=O) groups is 4. The van der Waals surface area contributed by atoms with Crippen LogP contribution in [0.5, 0.6) is 0 Å². The smallest absolute Gasteiger partial charge is 0.261 e. The maximum absolute atomic E-state index is 12.6. The summed E-state index contributed by atoms with van der Waals surface area (Å²) >= 11 is 0. The number of amides is 4. The minimum atomic E-state index is -1.19. The summed E-state index contributed by atoms with van der Waals surface area (Å²) in [6, 6.07) is 6.46. The van der Waals surface area contributed by atoms with Gasteiger partial charge in [-0.05, 0) is 25.0 Å². The quantitative estimate of drug-likeness (QED) is 0.771. The van der Waals surface area contributed by atoms with Gasteiger partial charge < -0.3 is 5.11 Å². The first-order valence-corrected chi connectivity index (χ1v) is 8.82. The summed E-state index contributed by atoms with van der Waals surface area (Å²) in [5.41, 5.74) is -0.102. The Bertz CT molecular complexity index is 749. The highest BCUT2D eigenvalue weighted by Gasteiger charge is 2.49. The summed E-state index contributed by atoms with van der Waals surface area (Å²) in [6.45, 7) is 3.27. The maximum Gasteiger partial charge on any atom is 0.261 e. The lowest BCUT2D eigenvalue weighted by Gasteiger charge is -2.26. The Morgan fingerprint density at radius 1 is 0.962 bits per heavy atom. The van der Waals surface area contributed by atoms with E-state index in [-0.39, 0.29) is 31.3 Å². The van der Waals surface area contributed by atoms with Crippen LogP contribution >= 0.6 is 0 Å². The third-order valence-electron chi connectivity index (χ3n) is 5.51. The molecule has 0 aliphatic carbocycles. The average Bonchev–Trinajstić information content (AvgIpc) is 3.02. The van der Waals surface area contributed by atoms with Crippen molar-refractivity contribution in [2.45, 2.75) is 39.2 Å². The van der Waals surface area contributed by atoms with Crippen LogP contribution in [0.25, 0.3) is 0 Å². The third kappa shape index (κ3) is 2.72. The van der Waals surface area contributed by atoms with E-state index in [0.717, 1.165) is 9.80 Å². The second kappa shape index (κ2) is 6.64. The second-order valence-corrected chi connectivity index (χ2v) is 6.89. The Morgan fingerprint density at radius 3 is 1.92 bits per heavy atom. The van der Waals surface area contributed by atoms with Crippen LogP contribution < -0.4 is 0 Å². The maximum atomic E-state index is 12.6. The number of aliphatic hydroxyl groups is 1. The van der Waals surface area contributed by atoms with Gasteiger partial charge in [0.2, 0.25) is 11.8 Å². The lowest BCUT2D eigenvalue weighted by molar-refractivity contribution is -0.143. The second-order valence-electron chi connectivity index (χ2n) is 6.89. The molecule has 0 saturated carbocycles. The Labute approximate surface area is 151 Å². The summed E-state index contributed by atoms with van der Waals surface area (Å²) in [6.07, 6.45) is 0.0612. The number of aliphatic hydroxyl groups excluding tert-OH is 1. The summed E-state index contributed by atoms with van der Waals surface area (Å²) in [5, 5.41) is 10.3. The number of likely N-dealkylation sites (tertiary alicyclic amines) is 1. The largest absolute Gasteiger partial charge is 0.389 e. The number of nitrogens with zero attached hydrogens (tertiary/aromatic N) is 2. The molecule has 1 aromatic rings. The van der Waals surface area contributed by atoms with Crippen molar-refractivity contribution in [3.8, 4) is 0 Å². The van der Waals surface area contributed by atoms with Crippen LogP contribution in [-0.4, -0.2) is 57.7 Å². The zero-order chi connectivity index (χ0) is 19.1. The van der Waals surface area contributed by atoms with E-state index in [1.54, 1.807) is 24.3 Å². The van der Waals surface area contributed by atoms with Crippen LogP contribution in [0.4, 0.5) is 0 Å². The average molecular weight is 358 g/mol. The molecule has 2 aliphatic rings. The fourth-order valence-corrected chi connectivity index (χ4v) is 3.73. The summed E-state index contributed by atoms with van der Waals surface area (Å²) in [4.78, 5) is 51.6. The summed E-state index contributed by atoms with van der Waals surface area (Å²) in [7, 11) is 0. The Hall–Kier alpha value is -2.54. The van der Waals surface area contributed by atoms with Gasteiger partial charge in [-0.3, -0.25) is 29.0 Å². The molecule has 7 nitrogen and oxygen atoms in total. The van der Waals surface area contributed by atoms with Crippen molar-refractivity contribution in [2.24, 2.45) is 5.41 Å². The Kier molecular flexibility index (Phi) is 4.66. The van der Waals surface area contributed by atoms with Crippen molar-refractivity contribution in [1.29, 1.82) is 0 Å². The van der Waals surface area contributed by atoms with Gasteiger partial charge >= 0.3 is 0 Å². The molecule has 0 spiro atoms. The number of benzene rings is 1. The van der Waals surface area contributed by atoms with Gasteiger partial charge in [-0.15, -0.1) is 0 Å². The fourth-order valence-electron chi connectivity index (χ4n) is 3.73. The van der Waals surface area contributed by atoms with E-state index in [1.807, 2.05) is 13.8 Å². The molecule has 1 saturated heterocycles. The highest BCUT2D eigenvalue weighted by molar-refractivity contribution is 6.21. The number of fused-ring (bicyclic) bond motifs is 1. The number of hydrogen-bond acceptors (Lipinski definition) is 5. The van der Waals surface area contributed by atoms with Crippen molar-refractivity contribution in [3.63, 3.8) is 0 Å². The van der Waals surface area contributed by atoms with Crippen molar-refractivity contribution < 1.29 is 24.3 Å². The van der Waals surface area contributed by atoms with Crippen LogP contribution in [0.2, 0.25) is 0 Å². The van der Waals surface area contributed by atoms with Crippen LogP contribution in [-0.2, 0) is 9.59 Å². The van der Waals surface area contributed by atoms with Gasteiger partial charge in [-0.2, -0.15) is 0 Å². The van der Waals surface area contributed by atoms with Gasteiger partial charge in [0.05, 0.1) is 35.7 Å². The van der Waals surface area contributed by atoms with Crippen molar-refractivity contribution in [2.75, 3.05) is 13.1 Å². The normalized spacial score (nSPS) is 20.1. The molecule has 138 valence electrons. The minimum Gasteiger partial charge on any atom is -0.389 e. The standard InChI is InChI=1S/C19H22N2O5/c1-3-19(4-2)9-15(23)20(18(19)26)10-12(22)11-21-16(24)13-7-5-6-8-14(13)17(21)25/h5-8,12,22H,3-4,9-11H2,1-2H3. The first kappa shape index (κ1) is 18.3. The Morgan fingerprint density at radius 2 is 1.46 bits per heavy atom. The van der Waals surface area contributed by atoms with Crippen LogP contribution in [0, 0.1) is 5.41 Å². The van der Waals surface area contributed by atoms with E-state index >= 15 is 0 Å². The van der Waals surface area contributed by atoms with Crippen LogP contribution in [0.1, 0.15) is 53.8 Å². The molecular weight excluding hydrogens is 336 g/mol. The lowest BCUT2D eigenvalue weighted by atomic mass is 9.81. The predicted octanol–water partition coefficient (Wildman–Crippen LogP) is 1.21. The zero-order valence-electron chi connectivity index (χ0n) is 14.9. The minimum absolute atomic E-state index is 0.137. The van der Waals surface area contributed by atoms with E-state index in [1.165, 1.54) is 0 Å². The van der Waals surface area contributed by atoms with Gasteiger partial charge in [-0.25, -0.2) is 0 Å². The van der Waals surface area contributed by atoms with E-state index in [0.29, 0.717) is 24.0 Å². The van der Waals surface area contributed by atoms with Gasteiger partial charge in [0.15, 0.2) is 0 Å². The topological polar surface area (TPSA) is 95.0 Å². The molecule has 0 aromatic heterocycles. The molecule has 7 heteroatoms. The van der Waals surface area contributed by atoms with Crippen molar-refractivity contribution >= 4 is 23.6 Å². The van der Waals surface area contributed by atoms with E-state index in [4.69, 9.17) is 0 Å².